The molecule has 0 radical (unpaired) electrons. The first-order valence-corrected chi connectivity index (χ1v) is 3.99. The van der Waals surface area contributed by atoms with Crippen LogP contribution in [0.4, 0.5) is 5.95 Å². The minimum atomic E-state index is -0.0684. The number of nitrogens with two attached hydrogens (primary N) is 2. The SMILES string of the molecule is Cc1nc(N=C(N)N)nc(C)c1Cl. The maximum atomic E-state index is 5.85. The third-order valence-corrected chi connectivity index (χ3v) is 1.95. The van der Waals surface area contributed by atoms with Crippen LogP contribution in [0.3, 0.4) is 0 Å². The van der Waals surface area contributed by atoms with Gasteiger partial charge < -0.3 is 11.5 Å². The Kier molecular flexibility index (Phi) is 2.67. The summed E-state index contributed by atoms with van der Waals surface area (Å²) in [6.45, 7) is 3.53. The Morgan fingerprint density at radius 2 is 1.69 bits per heavy atom. The number of nitrogens with zero attached hydrogens (tertiary/aromatic N) is 3. The van der Waals surface area contributed by atoms with E-state index in [9.17, 15) is 0 Å². The lowest BCUT2D eigenvalue weighted by molar-refractivity contribution is 1.04. The molecule has 1 aromatic rings. The van der Waals surface area contributed by atoms with E-state index in [2.05, 4.69) is 15.0 Å². The zero-order valence-corrected chi connectivity index (χ0v) is 8.13. The van der Waals surface area contributed by atoms with Gasteiger partial charge in [0.1, 0.15) is 0 Å². The van der Waals surface area contributed by atoms with Gasteiger partial charge in [-0.05, 0) is 13.8 Å². The maximum absolute atomic E-state index is 5.85. The Hall–Kier alpha value is -1.36. The quantitative estimate of drug-likeness (QED) is 0.513. The number of hydrogen-bond acceptors (Lipinski definition) is 3. The summed E-state index contributed by atoms with van der Waals surface area (Å²) < 4.78 is 0. The van der Waals surface area contributed by atoms with Crippen molar-refractivity contribution < 1.29 is 0 Å². The van der Waals surface area contributed by atoms with Crippen LogP contribution in [0.5, 0.6) is 0 Å². The molecule has 0 aliphatic heterocycles. The van der Waals surface area contributed by atoms with Crippen molar-refractivity contribution in [3.8, 4) is 0 Å². The van der Waals surface area contributed by atoms with Crippen molar-refractivity contribution in [2.24, 2.45) is 16.5 Å². The molecule has 0 atom stereocenters. The Morgan fingerprint density at radius 1 is 1.23 bits per heavy atom. The third-order valence-electron chi connectivity index (χ3n) is 1.40. The smallest absolute Gasteiger partial charge is 0.253 e. The molecule has 5 nitrogen and oxygen atoms in total. The third kappa shape index (κ3) is 2.29. The first-order valence-electron chi connectivity index (χ1n) is 3.61. The second-order valence-corrected chi connectivity index (χ2v) is 2.92. The molecule has 0 aliphatic rings. The fraction of sp³-hybridized carbons (Fsp3) is 0.286. The number of hydrogen-bond donors (Lipinski definition) is 2. The lowest BCUT2D eigenvalue weighted by atomic mass is 10.3. The summed E-state index contributed by atoms with van der Waals surface area (Å²) >= 11 is 5.85. The maximum Gasteiger partial charge on any atom is 0.253 e. The summed E-state index contributed by atoms with van der Waals surface area (Å²) in [5.74, 6) is 0.167. The predicted octanol–water partition coefficient (Wildman–Crippen LogP) is 0.652. The lowest BCUT2D eigenvalue weighted by Crippen LogP contribution is -2.22. The standard InChI is InChI=1S/C7H10ClN5/c1-3-5(8)4(2)12-7(11-3)13-6(9)10/h1-2H3,(H4,9,10,11,12,13). The minimum Gasteiger partial charge on any atom is -0.370 e. The highest BCUT2D eigenvalue weighted by atomic mass is 35.5. The van der Waals surface area contributed by atoms with Crippen LogP contribution in [-0.4, -0.2) is 15.9 Å². The first-order chi connectivity index (χ1) is 6.00. The van der Waals surface area contributed by atoms with E-state index in [0.717, 1.165) is 0 Å². The van der Waals surface area contributed by atoms with E-state index in [1.54, 1.807) is 13.8 Å². The van der Waals surface area contributed by atoms with Crippen LogP contribution in [0.1, 0.15) is 11.4 Å². The molecule has 1 aromatic heterocycles. The number of guanidine groups is 1. The van der Waals surface area contributed by atoms with Gasteiger partial charge in [-0.1, -0.05) is 11.6 Å². The molecule has 0 saturated carbocycles. The number of aryl methyl sites for hydroxylation is 2. The minimum absolute atomic E-state index is 0.0684. The molecule has 0 spiro atoms. The van der Waals surface area contributed by atoms with Crippen LogP contribution in [0.25, 0.3) is 0 Å². The number of aliphatic imine (C=N–C) groups is 1. The summed E-state index contributed by atoms with van der Waals surface area (Å²) in [6.07, 6.45) is 0. The summed E-state index contributed by atoms with van der Waals surface area (Å²) in [5.41, 5.74) is 11.7. The van der Waals surface area contributed by atoms with Gasteiger partial charge in [-0.2, -0.15) is 4.99 Å². The van der Waals surface area contributed by atoms with Gasteiger partial charge in [-0.25, -0.2) is 9.97 Å². The molecule has 0 unspecified atom stereocenters. The second-order valence-electron chi connectivity index (χ2n) is 2.55. The van der Waals surface area contributed by atoms with Crippen LogP contribution >= 0.6 is 11.6 Å². The Balaban J connectivity index is 3.21. The van der Waals surface area contributed by atoms with Crippen molar-refractivity contribution in [3.05, 3.63) is 16.4 Å². The normalized spacial score (nSPS) is 9.77. The van der Waals surface area contributed by atoms with Crippen LogP contribution in [-0.2, 0) is 0 Å². The zero-order chi connectivity index (χ0) is 10.0. The summed E-state index contributed by atoms with van der Waals surface area (Å²) in [7, 11) is 0. The zero-order valence-electron chi connectivity index (χ0n) is 7.37. The van der Waals surface area contributed by atoms with Gasteiger partial charge in [0.15, 0.2) is 5.96 Å². The highest BCUT2D eigenvalue weighted by Gasteiger charge is 2.04. The topological polar surface area (TPSA) is 90.2 Å². The van der Waals surface area contributed by atoms with Crippen LogP contribution < -0.4 is 11.5 Å². The lowest BCUT2D eigenvalue weighted by Gasteiger charge is -2.01. The van der Waals surface area contributed by atoms with Gasteiger partial charge in [0.2, 0.25) is 0 Å². The van der Waals surface area contributed by atoms with E-state index < -0.39 is 0 Å². The Labute approximate surface area is 80.8 Å². The largest absolute Gasteiger partial charge is 0.370 e. The number of rotatable bonds is 1. The van der Waals surface area contributed by atoms with Gasteiger partial charge in [0, 0.05) is 0 Å². The number of halogens is 1. The molecule has 13 heavy (non-hydrogen) atoms. The van der Waals surface area contributed by atoms with Crippen molar-refractivity contribution in [2.45, 2.75) is 13.8 Å². The van der Waals surface area contributed by atoms with Gasteiger partial charge >= 0.3 is 0 Å². The van der Waals surface area contributed by atoms with Gasteiger partial charge in [-0.15, -0.1) is 0 Å². The van der Waals surface area contributed by atoms with Gasteiger partial charge in [0.05, 0.1) is 16.4 Å². The number of aromatic nitrogens is 2. The fourth-order valence-electron chi connectivity index (χ4n) is 0.850. The van der Waals surface area contributed by atoms with Crippen LogP contribution in [0.2, 0.25) is 5.02 Å². The van der Waals surface area contributed by atoms with Crippen molar-refractivity contribution >= 4 is 23.5 Å². The predicted molar refractivity (Wildman–Crippen MR) is 52.0 cm³/mol. The molecular weight excluding hydrogens is 190 g/mol. The molecule has 0 bridgehead atoms. The molecule has 0 saturated heterocycles. The summed E-state index contributed by atoms with van der Waals surface area (Å²) in [4.78, 5) is 11.7. The average Bonchev–Trinajstić information content (AvgIpc) is 1.98. The molecule has 1 rings (SSSR count). The highest BCUT2D eigenvalue weighted by molar-refractivity contribution is 6.31. The second kappa shape index (κ2) is 3.57. The first kappa shape index (κ1) is 9.73. The van der Waals surface area contributed by atoms with Crippen molar-refractivity contribution in [1.82, 2.24) is 9.97 Å². The van der Waals surface area contributed by atoms with Crippen molar-refractivity contribution in [3.63, 3.8) is 0 Å². The molecule has 0 fully saturated rings. The van der Waals surface area contributed by atoms with Crippen molar-refractivity contribution in [2.75, 3.05) is 0 Å². The molecule has 1 heterocycles. The monoisotopic (exact) mass is 199 g/mol. The van der Waals surface area contributed by atoms with E-state index >= 15 is 0 Å². The molecule has 70 valence electrons. The summed E-state index contributed by atoms with van der Waals surface area (Å²) in [5, 5.41) is 0.537. The average molecular weight is 200 g/mol. The van der Waals surface area contributed by atoms with E-state index in [1.165, 1.54) is 0 Å². The Bertz CT molecular complexity index is 333. The molecule has 0 aromatic carbocycles. The van der Waals surface area contributed by atoms with Crippen LogP contribution in [0, 0.1) is 13.8 Å². The van der Waals surface area contributed by atoms with E-state index in [4.69, 9.17) is 23.1 Å². The van der Waals surface area contributed by atoms with Crippen LogP contribution in [0.15, 0.2) is 4.99 Å². The van der Waals surface area contributed by atoms with E-state index in [1.807, 2.05) is 0 Å². The fourth-order valence-corrected chi connectivity index (χ4v) is 0.935. The molecule has 4 N–H and O–H groups in total. The van der Waals surface area contributed by atoms with Crippen molar-refractivity contribution in [1.29, 1.82) is 0 Å². The molecular formula is C7H10ClN5. The molecule has 0 aliphatic carbocycles. The van der Waals surface area contributed by atoms with Gasteiger partial charge in [0.25, 0.3) is 5.95 Å². The highest BCUT2D eigenvalue weighted by Crippen LogP contribution is 2.18. The molecule has 0 amide bonds. The Morgan fingerprint density at radius 3 is 2.08 bits per heavy atom. The van der Waals surface area contributed by atoms with E-state index in [0.29, 0.717) is 16.4 Å². The van der Waals surface area contributed by atoms with E-state index in [-0.39, 0.29) is 11.9 Å². The summed E-state index contributed by atoms with van der Waals surface area (Å²) in [6, 6.07) is 0. The van der Waals surface area contributed by atoms with Gasteiger partial charge in [-0.3, -0.25) is 0 Å². The molecule has 6 heteroatoms.